The Morgan fingerprint density at radius 1 is 1.03 bits per heavy atom. The number of rotatable bonds is 4. The Bertz CT molecular complexity index is 1120. The first kappa shape index (κ1) is 19.1. The van der Waals surface area contributed by atoms with Gasteiger partial charge in [0.2, 0.25) is 0 Å². The lowest BCUT2D eigenvalue weighted by atomic mass is 9.82. The molecule has 0 fully saturated rings. The molecule has 0 radical (unpaired) electrons. The molecule has 0 saturated carbocycles. The first-order valence-corrected chi connectivity index (χ1v) is 10.4. The van der Waals surface area contributed by atoms with Gasteiger partial charge in [0.1, 0.15) is 0 Å². The van der Waals surface area contributed by atoms with Gasteiger partial charge in [0.15, 0.2) is 11.7 Å². The van der Waals surface area contributed by atoms with Crippen molar-refractivity contribution in [2.75, 3.05) is 0 Å². The molecule has 2 aliphatic heterocycles. The summed E-state index contributed by atoms with van der Waals surface area (Å²) in [6.45, 7) is 1.43. The topological polar surface area (TPSA) is 35.5 Å². The molecule has 0 aliphatic carbocycles. The van der Waals surface area contributed by atoms with Gasteiger partial charge in [-0.3, -0.25) is 4.79 Å². The largest absolute Gasteiger partial charge is 0.454 e. The number of benzene rings is 3. The van der Waals surface area contributed by atoms with Crippen molar-refractivity contribution in [3.63, 3.8) is 0 Å². The Kier molecular flexibility index (Phi) is 4.73. The Morgan fingerprint density at radius 2 is 1.73 bits per heavy atom. The first-order valence-electron chi connectivity index (χ1n) is 10.0. The minimum atomic E-state index is -0.899. The molecule has 2 heterocycles. The van der Waals surface area contributed by atoms with E-state index in [2.05, 4.69) is 30.3 Å². The van der Waals surface area contributed by atoms with Crippen LogP contribution < -0.4 is 0 Å². The summed E-state index contributed by atoms with van der Waals surface area (Å²) in [5, 5.41) is 0.632. The quantitative estimate of drug-likeness (QED) is 0.462. The SMILES string of the molecule is CC(=O)OC(c1ccc(Cl)cc1)[C@]12C=C(c3ccccc3)C[C@H](O1)c1ccccc12. The van der Waals surface area contributed by atoms with Crippen molar-refractivity contribution in [1.29, 1.82) is 0 Å². The molecule has 0 aromatic heterocycles. The van der Waals surface area contributed by atoms with Crippen LogP contribution in [0.3, 0.4) is 0 Å². The first-order chi connectivity index (χ1) is 14.6. The molecule has 3 aromatic rings. The highest BCUT2D eigenvalue weighted by molar-refractivity contribution is 6.30. The second-order valence-corrected chi connectivity index (χ2v) is 8.20. The van der Waals surface area contributed by atoms with E-state index in [4.69, 9.17) is 21.1 Å². The van der Waals surface area contributed by atoms with Crippen LogP contribution in [-0.4, -0.2) is 5.97 Å². The highest BCUT2D eigenvalue weighted by atomic mass is 35.5. The van der Waals surface area contributed by atoms with E-state index in [0.717, 1.165) is 28.7 Å². The fraction of sp³-hybridized carbons (Fsp3) is 0.192. The highest BCUT2D eigenvalue weighted by Gasteiger charge is 2.53. The minimum absolute atomic E-state index is 0.0910. The van der Waals surface area contributed by atoms with Crippen molar-refractivity contribution in [3.05, 3.63) is 112 Å². The van der Waals surface area contributed by atoms with Crippen LogP contribution in [0.15, 0.2) is 84.9 Å². The molecule has 150 valence electrons. The van der Waals surface area contributed by atoms with Crippen LogP contribution in [-0.2, 0) is 19.9 Å². The van der Waals surface area contributed by atoms with Gasteiger partial charge in [0, 0.05) is 18.4 Å². The Hall–Kier alpha value is -2.88. The molecule has 3 atom stereocenters. The van der Waals surface area contributed by atoms with Gasteiger partial charge in [-0.2, -0.15) is 0 Å². The summed E-state index contributed by atoms with van der Waals surface area (Å²) in [7, 11) is 0. The molecule has 0 spiro atoms. The van der Waals surface area contributed by atoms with Crippen LogP contribution in [0.25, 0.3) is 5.57 Å². The van der Waals surface area contributed by atoms with Gasteiger partial charge < -0.3 is 9.47 Å². The van der Waals surface area contributed by atoms with Crippen LogP contribution in [0, 0.1) is 0 Å². The lowest BCUT2D eigenvalue weighted by Crippen LogP contribution is -2.36. The van der Waals surface area contributed by atoms with E-state index in [1.54, 1.807) is 0 Å². The lowest BCUT2D eigenvalue weighted by Gasteiger charge is -2.38. The molecule has 0 amide bonds. The van der Waals surface area contributed by atoms with E-state index in [-0.39, 0.29) is 12.1 Å². The molecular weight excluding hydrogens is 396 g/mol. The van der Waals surface area contributed by atoms with Gasteiger partial charge in [0.25, 0.3) is 0 Å². The maximum absolute atomic E-state index is 12.1. The van der Waals surface area contributed by atoms with Gasteiger partial charge in [0.05, 0.1) is 6.10 Å². The number of hydrogen-bond donors (Lipinski definition) is 0. The number of ether oxygens (including phenoxy) is 2. The van der Waals surface area contributed by atoms with Crippen LogP contribution in [0.4, 0.5) is 0 Å². The van der Waals surface area contributed by atoms with Crippen LogP contribution >= 0.6 is 11.6 Å². The van der Waals surface area contributed by atoms with Gasteiger partial charge in [-0.05, 0) is 46.0 Å². The summed E-state index contributed by atoms with van der Waals surface area (Å²) >= 11 is 6.12. The highest BCUT2D eigenvalue weighted by Crippen LogP contribution is 2.58. The normalized spacial score (nSPS) is 22.7. The third kappa shape index (κ3) is 3.15. The van der Waals surface area contributed by atoms with E-state index < -0.39 is 11.7 Å². The van der Waals surface area contributed by atoms with E-state index >= 15 is 0 Å². The summed E-state index contributed by atoms with van der Waals surface area (Å²) < 4.78 is 12.6. The van der Waals surface area contributed by atoms with E-state index in [1.807, 2.05) is 54.6 Å². The predicted octanol–water partition coefficient (Wildman–Crippen LogP) is 6.40. The summed E-state index contributed by atoms with van der Waals surface area (Å²) in [4.78, 5) is 12.1. The number of esters is 1. The van der Waals surface area contributed by atoms with Crippen LogP contribution in [0.5, 0.6) is 0 Å². The number of halogens is 1. The van der Waals surface area contributed by atoms with Crippen molar-refractivity contribution in [3.8, 4) is 0 Å². The third-order valence-corrected chi connectivity index (χ3v) is 6.10. The molecule has 0 N–H and O–H groups in total. The average molecular weight is 417 g/mol. The fourth-order valence-electron chi connectivity index (χ4n) is 4.62. The number of carbonyl (C=O) groups is 1. The van der Waals surface area contributed by atoms with Crippen LogP contribution in [0.1, 0.15) is 47.8 Å². The van der Waals surface area contributed by atoms with Crippen molar-refractivity contribution >= 4 is 23.1 Å². The van der Waals surface area contributed by atoms with Gasteiger partial charge in [-0.25, -0.2) is 0 Å². The predicted molar refractivity (Wildman–Crippen MR) is 117 cm³/mol. The maximum atomic E-state index is 12.1. The Labute approximate surface area is 180 Å². The zero-order valence-electron chi connectivity index (χ0n) is 16.5. The molecule has 2 bridgehead atoms. The molecule has 5 rings (SSSR count). The second-order valence-electron chi connectivity index (χ2n) is 7.77. The van der Waals surface area contributed by atoms with Crippen molar-refractivity contribution < 1.29 is 14.3 Å². The number of carbonyl (C=O) groups excluding carboxylic acids is 1. The summed E-state index contributed by atoms with van der Waals surface area (Å²) in [5.74, 6) is -0.353. The molecular formula is C26H21ClO3. The molecule has 3 aromatic carbocycles. The molecule has 3 nitrogen and oxygen atoms in total. The van der Waals surface area contributed by atoms with Gasteiger partial charge in [-0.1, -0.05) is 78.3 Å². The number of fused-ring (bicyclic) bond motifs is 5. The molecule has 0 saturated heterocycles. The minimum Gasteiger partial charge on any atom is -0.454 e. The van der Waals surface area contributed by atoms with Gasteiger partial charge >= 0.3 is 5.97 Å². The zero-order valence-corrected chi connectivity index (χ0v) is 17.3. The monoisotopic (exact) mass is 416 g/mol. The van der Waals surface area contributed by atoms with E-state index in [0.29, 0.717) is 5.02 Å². The summed E-state index contributed by atoms with van der Waals surface area (Å²) in [6, 6.07) is 25.9. The van der Waals surface area contributed by atoms with E-state index in [1.165, 1.54) is 12.5 Å². The average Bonchev–Trinajstić information content (AvgIpc) is 3.01. The lowest BCUT2D eigenvalue weighted by molar-refractivity contribution is -0.172. The Balaban J connectivity index is 1.73. The molecule has 4 heteroatoms. The Morgan fingerprint density at radius 3 is 2.47 bits per heavy atom. The van der Waals surface area contributed by atoms with Crippen molar-refractivity contribution in [2.24, 2.45) is 0 Å². The maximum Gasteiger partial charge on any atom is 0.303 e. The summed E-state index contributed by atoms with van der Waals surface area (Å²) in [5.41, 5.74) is 4.47. The smallest absolute Gasteiger partial charge is 0.303 e. The molecule has 1 unspecified atom stereocenters. The fourth-order valence-corrected chi connectivity index (χ4v) is 4.74. The van der Waals surface area contributed by atoms with Gasteiger partial charge in [-0.15, -0.1) is 0 Å². The third-order valence-electron chi connectivity index (χ3n) is 5.85. The number of hydrogen-bond acceptors (Lipinski definition) is 3. The second kappa shape index (κ2) is 7.42. The van der Waals surface area contributed by atoms with E-state index in [9.17, 15) is 4.79 Å². The zero-order chi connectivity index (χ0) is 20.7. The van der Waals surface area contributed by atoms with Crippen LogP contribution in [0.2, 0.25) is 5.02 Å². The van der Waals surface area contributed by atoms with Crippen molar-refractivity contribution in [1.82, 2.24) is 0 Å². The molecule has 2 aliphatic rings. The molecule has 30 heavy (non-hydrogen) atoms. The standard InChI is InChI=1S/C26H21ClO3/c1-17(28)29-25(19-11-13-21(27)14-12-19)26-16-20(18-7-3-2-4-8-18)15-24(30-26)22-9-5-6-10-23(22)26/h2-14,16,24-25H,15H2,1H3/t24-,25?,26+/m0/s1. The summed E-state index contributed by atoms with van der Waals surface area (Å²) in [6.07, 6.45) is 2.20. The van der Waals surface area contributed by atoms with Crippen molar-refractivity contribution in [2.45, 2.75) is 31.2 Å².